The highest BCUT2D eigenvalue weighted by Gasteiger charge is 2.22. The summed E-state index contributed by atoms with van der Waals surface area (Å²) in [6.45, 7) is 2.00. The number of aryl methyl sites for hydroxylation is 1. The van der Waals surface area contributed by atoms with Crippen molar-refractivity contribution in [2.45, 2.75) is 25.9 Å². The second-order valence-electron chi connectivity index (χ2n) is 5.47. The highest BCUT2D eigenvalue weighted by molar-refractivity contribution is 5.78. The lowest BCUT2D eigenvalue weighted by Gasteiger charge is -2.22. The summed E-state index contributed by atoms with van der Waals surface area (Å²) in [6, 6.07) is 5.96. The van der Waals surface area contributed by atoms with Crippen LogP contribution in [-0.4, -0.2) is 29.0 Å². The SMILES string of the molecule is Cc1cc(CN(C)C(=O)CC(NC(N)=O)c2ccccc2F)no1. The number of nitrogens with one attached hydrogen (secondary N) is 1. The molecule has 8 heteroatoms. The van der Waals surface area contributed by atoms with E-state index in [0.29, 0.717) is 11.5 Å². The molecule has 1 heterocycles. The van der Waals surface area contributed by atoms with Crippen LogP contribution in [0.3, 0.4) is 0 Å². The second kappa shape index (κ2) is 7.58. The summed E-state index contributed by atoms with van der Waals surface area (Å²) in [7, 11) is 1.59. The van der Waals surface area contributed by atoms with Crippen LogP contribution >= 0.6 is 0 Å². The normalized spacial score (nSPS) is 11.8. The van der Waals surface area contributed by atoms with Gasteiger partial charge < -0.3 is 20.5 Å². The van der Waals surface area contributed by atoms with E-state index in [4.69, 9.17) is 10.3 Å². The Hall–Kier alpha value is -2.90. The van der Waals surface area contributed by atoms with Gasteiger partial charge in [0, 0.05) is 18.7 Å². The van der Waals surface area contributed by atoms with Gasteiger partial charge in [0.15, 0.2) is 0 Å². The predicted octanol–water partition coefficient (Wildman–Crippen LogP) is 1.88. The van der Waals surface area contributed by atoms with Gasteiger partial charge in [0.1, 0.15) is 17.3 Å². The van der Waals surface area contributed by atoms with Crippen LogP contribution in [0.15, 0.2) is 34.9 Å². The van der Waals surface area contributed by atoms with E-state index in [2.05, 4.69) is 10.5 Å². The van der Waals surface area contributed by atoms with Crippen molar-refractivity contribution >= 4 is 11.9 Å². The van der Waals surface area contributed by atoms with Crippen LogP contribution in [-0.2, 0) is 11.3 Å². The quantitative estimate of drug-likeness (QED) is 0.842. The number of hydrogen-bond donors (Lipinski definition) is 2. The monoisotopic (exact) mass is 334 g/mol. The molecule has 24 heavy (non-hydrogen) atoms. The summed E-state index contributed by atoms with van der Waals surface area (Å²) in [6.07, 6.45) is -0.128. The summed E-state index contributed by atoms with van der Waals surface area (Å²) < 4.78 is 18.9. The summed E-state index contributed by atoms with van der Waals surface area (Å²) >= 11 is 0. The van der Waals surface area contributed by atoms with Gasteiger partial charge in [-0.1, -0.05) is 23.4 Å². The second-order valence-corrected chi connectivity index (χ2v) is 5.47. The summed E-state index contributed by atoms with van der Waals surface area (Å²) in [5, 5.41) is 6.23. The molecule has 1 unspecified atom stereocenters. The third-order valence-electron chi connectivity index (χ3n) is 3.48. The van der Waals surface area contributed by atoms with Gasteiger partial charge in [0.05, 0.1) is 19.0 Å². The number of nitrogens with two attached hydrogens (primary N) is 1. The molecule has 2 rings (SSSR count). The van der Waals surface area contributed by atoms with Crippen LogP contribution < -0.4 is 11.1 Å². The molecule has 0 spiro atoms. The summed E-state index contributed by atoms with van der Waals surface area (Å²) in [5.41, 5.74) is 5.95. The number of carbonyl (C=O) groups is 2. The molecule has 3 N–H and O–H groups in total. The van der Waals surface area contributed by atoms with Gasteiger partial charge in [-0.25, -0.2) is 9.18 Å². The van der Waals surface area contributed by atoms with E-state index < -0.39 is 17.9 Å². The lowest BCUT2D eigenvalue weighted by molar-refractivity contribution is -0.131. The zero-order valence-corrected chi connectivity index (χ0v) is 13.5. The number of nitrogens with zero attached hydrogens (tertiary/aromatic N) is 2. The largest absolute Gasteiger partial charge is 0.361 e. The molecule has 0 fully saturated rings. The van der Waals surface area contributed by atoms with Gasteiger partial charge in [-0.05, 0) is 13.0 Å². The first-order valence-corrected chi connectivity index (χ1v) is 7.33. The minimum absolute atomic E-state index is 0.128. The maximum Gasteiger partial charge on any atom is 0.312 e. The number of amides is 3. The molecule has 7 nitrogen and oxygen atoms in total. The molecule has 0 aliphatic carbocycles. The van der Waals surface area contributed by atoms with Crippen LogP contribution in [0, 0.1) is 12.7 Å². The fourth-order valence-corrected chi connectivity index (χ4v) is 2.32. The van der Waals surface area contributed by atoms with E-state index in [0.717, 1.165) is 0 Å². The maximum atomic E-state index is 14.0. The predicted molar refractivity (Wildman–Crippen MR) is 84.2 cm³/mol. The van der Waals surface area contributed by atoms with Crippen LogP contribution in [0.4, 0.5) is 9.18 Å². The molecule has 0 aliphatic heterocycles. The van der Waals surface area contributed by atoms with Crippen molar-refractivity contribution in [1.82, 2.24) is 15.4 Å². The number of primary amides is 1. The van der Waals surface area contributed by atoms with Crippen molar-refractivity contribution in [3.8, 4) is 0 Å². The van der Waals surface area contributed by atoms with Crippen molar-refractivity contribution in [1.29, 1.82) is 0 Å². The van der Waals surface area contributed by atoms with Gasteiger partial charge in [0.2, 0.25) is 5.91 Å². The maximum absolute atomic E-state index is 14.0. The molecule has 0 aliphatic rings. The number of aromatic nitrogens is 1. The van der Waals surface area contributed by atoms with E-state index >= 15 is 0 Å². The fraction of sp³-hybridized carbons (Fsp3) is 0.312. The van der Waals surface area contributed by atoms with Crippen molar-refractivity contribution in [2.75, 3.05) is 7.05 Å². The van der Waals surface area contributed by atoms with Crippen molar-refractivity contribution in [3.05, 3.63) is 53.2 Å². The minimum atomic E-state index is -0.849. The molecule has 1 atom stereocenters. The van der Waals surface area contributed by atoms with Crippen molar-refractivity contribution < 1.29 is 18.5 Å². The highest BCUT2D eigenvalue weighted by Crippen LogP contribution is 2.21. The lowest BCUT2D eigenvalue weighted by Crippen LogP contribution is -2.37. The number of benzene rings is 1. The number of rotatable bonds is 6. The fourth-order valence-electron chi connectivity index (χ4n) is 2.32. The molecular weight excluding hydrogens is 315 g/mol. The zero-order valence-electron chi connectivity index (χ0n) is 13.5. The first kappa shape index (κ1) is 17.5. The van der Waals surface area contributed by atoms with Crippen LogP contribution in [0.1, 0.15) is 29.5 Å². The van der Waals surface area contributed by atoms with E-state index in [9.17, 15) is 14.0 Å². The third-order valence-corrected chi connectivity index (χ3v) is 3.48. The van der Waals surface area contributed by atoms with E-state index in [-0.39, 0.29) is 24.4 Å². The molecule has 3 amide bonds. The number of carbonyl (C=O) groups excluding carboxylic acids is 2. The van der Waals surface area contributed by atoms with Gasteiger partial charge in [0.25, 0.3) is 0 Å². The Balaban J connectivity index is 2.09. The van der Waals surface area contributed by atoms with E-state index in [1.54, 1.807) is 26.1 Å². The first-order valence-electron chi connectivity index (χ1n) is 7.33. The van der Waals surface area contributed by atoms with Gasteiger partial charge in [-0.2, -0.15) is 0 Å². The molecular formula is C16H19FN4O3. The zero-order chi connectivity index (χ0) is 17.7. The average Bonchev–Trinajstić information content (AvgIpc) is 2.91. The number of halogens is 1. The molecule has 2 aromatic rings. The topological polar surface area (TPSA) is 101 Å². The van der Waals surface area contributed by atoms with Gasteiger partial charge >= 0.3 is 6.03 Å². The van der Waals surface area contributed by atoms with Gasteiger partial charge in [-0.15, -0.1) is 0 Å². The molecule has 1 aromatic heterocycles. The summed E-state index contributed by atoms with van der Waals surface area (Å²) in [4.78, 5) is 25.0. The van der Waals surface area contributed by atoms with Crippen molar-refractivity contribution in [2.24, 2.45) is 5.73 Å². The van der Waals surface area contributed by atoms with Crippen LogP contribution in [0.5, 0.6) is 0 Å². The Kier molecular flexibility index (Phi) is 5.51. The molecule has 0 saturated carbocycles. The van der Waals surface area contributed by atoms with Crippen molar-refractivity contribution in [3.63, 3.8) is 0 Å². The molecule has 0 radical (unpaired) electrons. The van der Waals surface area contributed by atoms with E-state index in [1.807, 2.05) is 0 Å². The highest BCUT2D eigenvalue weighted by atomic mass is 19.1. The first-order chi connectivity index (χ1) is 11.4. The average molecular weight is 334 g/mol. The molecule has 0 bridgehead atoms. The minimum Gasteiger partial charge on any atom is -0.361 e. The Morgan fingerprint density at radius 3 is 2.71 bits per heavy atom. The van der Waals surface area contributed by atoms with E-state index in [1.165, 1.54) is 23.1 Å². The summed E-state index contributed by atoms with van der Waals surface area (Å²) in [5.74, 6) is -0.165. The Morgan fingerprint density at radius 1 is 1.42 bits per heavy atom. The molecule has 128 valence electrons. The third kappa shape index (κ3) is 4.55. The number of urea groups is 1. The Bertz CT molecular complexity index is 732. The van der Waals surface area contributed by atoms with Gasteiger partial charge in [-0.3, -0.25) is 4.79 Å². The van der Waals surface area contributed by atoms with Crippen LogP contribution in [0.25, 0.3) is 0 Å². The lowest BCUT2D eigenvalue weighted by atomic mass is 10.0. The van der Waals surface area contributed by atoms with Crippen LogP contribution in [0.2, 0.25) is 0 Å². The molecule has 1 aromatic carbocycles. The Labute approximate surface area is 138 Å². The standard InChI is InChI=1S/C16H19FN4O3/c1-10-7-11(20-24-10)9-21(2)15(22)8-14(19-16(18)23)12-5-3-4-6-13(12)17/h3-7,14H,8-9H2,1-2H3,(H3,18,19,23). The smallest absolute Gasteiger partial charge is 0.312 e. The molecule has 0 saturated heterocycles. The number of hydrogen-bond acceptors (Lipinski definition) is 4. The Morgan fingerprint density at radius 2 is 2.12 bits per heavy atom.